The molecule has 0 aliphatic heterocycles. The predicted octanol–water partition coefficient (Wildman–Crippen LogP) is 3.03. The molecule has 1 heterocycles. The van der Waals surface area contributed by atoms with E-state index in [2.05, 4.69) is 9.36 Å². The van der Waals surface area contributed by atoms with E-state index >= 15 is 0 Å². The van der Waals surface area contributed by atoms with Crippen LogP contribution in [0, 0.1) is 21.4 Å². The molecule has 0 spiro atoms. The molecule has 0 amide bonds. The van der Waals surface area contributed by atoms with Gasteiger partial charge >= 0.3 is 0 Å². The first-order chi connectivity index (χ1) is 9.13. The summed E-state index contributed by atoms with van der Waals surface area (Å²) in [6, 6.07) is 6.31. The molecule has 0 N–H and O–H groups in total. The lowest BCUT2D eigenvalue weighted by atomic mass is 10.2. The molecule has 2 aromatic rings. The van der Waals surface area contributed by atoms with Crippen LogP contribution in [-0.4, -0.2) is 14.3 Å². The average molecular weight is 292 g/mol. The first-order valence-electron chi connectivity index (χ1n) is 5.33. The minimum atomic E-state index is -0.555. The molecule has 1 aromatic heterocycles. The lowest BCUT2D eigenvalue weighted by molar-refractivity contribution is -0.385. The quantitative estimate of drug-likeness (QED) is 0.635. The lowest BCUT2D eigenvalue weighted by Crippen LogP contribution is -1.92. The van der Waals surface area contributed by atoms with Gasteiger partial charge in [-0.25, -0.2) is 4.98 Å². The van der Waals surface area contributed by atoms with E-state index in [0.717, 1.165) is 16.6 Å². The van der Waals surface area contributed by atoms with Crippen molar-refractivity contribution in [2.75, 3.05) is 0 Å². The molecule has 0 saturated heterocycles. The van der Waals surface area contributed by atoms with E-state index in [0.29, 0.717) is 4.90 Å². The monoisotopic (exact) mass is 292 g/mol. The second-order valence-corrected chi connectivity index (χ2v) is 5.55. The van der Waals surface area contributed by atoms with E-state index in [1.54, 1.807) is 12.1 Å². The highest BCUT2D eigenvalue weighted by molar-refractivity contribution is 8.01. The molecule has 96 valence electrons. The first kappa shape index (κ1) is 13.5. The van der Waals surface area contributed by atoms with Gasteiger partial charge in [0.05, 0.1) is 4.92 Å². The fraction of sp³-hybridized carbons (Fsp3) is 0.182. The lowest BCUT2D eigenvalue weighted by Gasteiger charge is -1.99. The van der Waals surface area contributed by atoms with E-state index in [9.17, 15) is 10.1 Å². The number of nitriles is 1. The number of nitro groups is 1. The van der Waals surface area contributed by atoms with Gasteiger partial charge in [0.25, 0.3) is 5.69 Å². The van der Waals surface area contributed by atoms with Crippen LogP contribution >= 0.6 is 23.3 Å². The van der Waals surface area contributed by atoms with Crippen LogP contribution in [0.5, 0.6) is 0 Å². The zero-order valence-electron chi connectivity index (χ0n) is 9.86. The van der Waals surface area contributed by atoms with Gasteiger partial charge in [0.1, 0.15) is 17.5 Å². The molecule has 0 radical (unpaired) electrons. The van der Waals surface area contributed by atoms with Crippen LogP contribution in [0.1, 0.15) is 18.3 Å². The maximum absolute atomic E-state index is 10.9. The Hall–Kier alpha value is -1.98. The largest absolute Gasteiger partial charge is 0.288 e. The van der Waals surface area contributed by atoms with Crippen molar-refractivity contribution in [3.05, 3.63) is 39.7 Å². The highest BCUT2D eigenvalue weighted by Gasteiger charge is 2.15. The molecule has 0 atom stereocenters. The maximum atomic E-state index is 10.9. The van der Waals surface area contributed by atoms with Crippen LogP contribution in [0.2, 0.25) is 0 Å². The zero-order chi connectivity index (χ0) is 13.8. The molecule has 0 saturated carbocycles. The molecule has 1 aromatic carbocycles. The summed E-state index contributed by atoms with van der Waals surface area (Å²) in [4.78, 5) is 15.2. The molecular formula is C11H8N4O2S2. The van der Waals surface area contributed by atoms with E-state index in [1.165, 1.54) is 35.4 Å². The van der Waals surface area contributed by atoms with E-state index < -0.39 is 4.92 Å². The van der Waals surface area contributed by atoms with Crippen LogP contribution in [0.15, 0.2) is 27.4 Å². The van der Waals surface area contributed by atoms with Crippen LogP contribution in [0.3, 0.4) is 0 Å². The third-order valence-electron chi connectivity index (χ3n) is 2.26. The average Bonchev–Trinajstić information content (AvgIpc) is 2.86. The second kappa shape index (κ2) is 5.77. The Balaban J connectivity index is 2.28. The number of hydrogen-bond acceptors (Lipinski definition) is 7. The molecule has 19 heavy (non-hydrogen) atoms. The summed E-state index contributed by atoms with van der Waals surface area (Å²) >= 11 is 2.57. The Kier molecular flexibility index (Phi) is 4.09. The van der Waals surface area contributed by atoms with Gasteiger partial charge in [0.15, 0.2) is 4.34 Å². The van der Waals surface area contributed by atoms with Gasteiger partial charge in [-0.05, 0) is 23.7 Å². The van der Waals surface area contributed by atoms with Gasteiger partial charge in [-0.2, -0.15) is 9.64 Å². The van der Waals surface area contributed by atoms with Gasteiger partial charge in [-0.1, -0.05) is 18.7 Å². The number of aryl methyl sites for hydroxylation is 1. The molecule has 0 aliphatic carbocycles. The summed E-state index contributed by atoms with van der Waals surface area (Å²) in [5.74, 6) is 0.760. The van der Waals surface area contributed by atoms with Crippen molar-refractivity contribution in [3.63, 3.8) is 0 Å². The van der Waals surface area contributed by atoms with Gasteiger partial charge < -0.3 is 0 Å². The molecule has 0 unspecified atom stereocenters. The van der Waals surface area contributed by atoms with Crippen LogP contribution in [-0.2, 0) is 6.42 Å². The minimum absolute atomic E-state index is 0.0564. The molecule has 0 bridgehead atoms. The van der Waals surface area contributed by atoms with Crippen LogP contribution < -0.4 is 0 Å². The molecule has 6 nitrogen and oxygen atoms in total. The van der Waals surface area contributed by atoms with Crippen molar-refractivity contribution in [1.29, 1.82) is 5.26 Å². The van der Waals surface area contributed by atoms with Crippen molar-refractivity contribution in [2.45, 2.75) is 22.6 Å². The fourth-order valence-electron chi connectivity index (χ4n) is 1.34. The normalized spacial score (nSPS) is 10.1. The third kappa shape index (κ3) is 3.07. The number of hydrogen-bond donors (Lipinski definition) is 0. The van der Waals surface area contributed by atoms with Crippen molar-refractivity contribution < 1.29 is 4.92 Å². The number of aromatic nitrogens is 2. The van der Waals surface area contributed by atoms with E-state index in [-0.39, 0.29) is 11.3 Å². The van der Waals surface area contributed by atoms with Gasteiger partial charge in [-0.15, -0.1) is 0 Å². The Labute approximate surface area is 117 Å². The number of nitro benzene ring substituents is 1. The van der Waals surface area contributed by atoms with E-state index in [4.69, 9.17) is 5.26 Å². The van der Waals surface area contributed by atoms with Gasteiger partial charge in [-0.3, -0.25) is 10.1 Å². The molecule has 0 aliphatic rings. The topological polar surface area (TPSA) is 92.7 Å². The zero-order valence-corrected chi connectivity index (χ0v) is 11.5. The minimum Gasteiger partial charge on any atom is -0.258 e. The highest BCUT2D eigenvalue weighted by atomic mass is 32.2. The standard InChI is InChI=1S/C11H8N4O2S2/c1-2-10-13-11(19-14-10)18-8-4-3-7(6-12)9(5-8)15(16)17/h3-5H,2H2,1H3. The Morgan fingerprint density at radius 3 is 2.95 bits per heavy atom. The smallest absolute Gasteiger partial charge is 0.258 e. The van der Waals surface area contributed by atoms with Crippen molar-refractivity contribution in [1.82, 2.24) is 9.36 Å². The Bertz CT molecular complexity index is 663. The summed E-state index contributed by atoms with van der Waals surface area (Å²) in [7, 11) is 0. The number of nitrogens with zero attached hydrogens (tertiary/aromatic N) is 4. The summed E-state index contributed by atoms with van der Waals surface area (Å²) in [5.41, 5.74) is -0.131. The number of rotatable bonds is 4. The number of benzene rings is 1. The molecule has 8 heteroatoms. The third-order valence-corrected chi connectivity index (χ3v) is 4.04. The summed E-state index contributed by atoms with van der Waals surface area (Å²) in [5, 5.41) is 19.7. The molecular weight excluding hydrogens is 284 g/mol. The maximum Gasteiger partial charge on any atom is 0.288 e. The Morgan fingerprint density at radius 2 is 2.37 bits per heavy atom. The van der Waals surface area contributed by atoms with Gasteiger partial charge in [0.2, 0.25) is 0 Å². The van der Waals surface area contributed by atoms with E-state index in [1.807, 2.05) is 6.92 Å². The first-order valence-corrected chi connectivity index (χ1v) is 6.92. The van der Waals surface area contributed by atoms with Crippen molar-refractivity contribution >= 4 is 29.0 Å². The fourth-order valence-corrected chi connectivity index (χ4v) is 3.05. The van der Waals surface area contributed by atoms with Crippen molar-refractivity contribution in [2.24, 2.45) is 0 Å². The summed E-state index contributed by atoms with van der Waals surface area (Å²) < 4.78 is 4.88. The summed E-state index contributed by atoms with van der Waals surface area (Å²) in [6.07, 6.45) is 0.755. The highest BCUT2D eigenvalue weighted by Crippen LogP contribution is 2.32. The second-order valence-electron chi connectivity index (χ2n) is 3.48. The van der Waals surface area contributed by atoms with Crippen molar-refractivity contribution in [3.8, 4) is 6.07 Å². The SMILES string of the molecule is CCc1nsc(Sc2ccc(C#N)c([N+](=O)[O-])c2)n1. The molecule has 2 rings (SSSR count). The van der Waals surface area contributed by atoms with Gasteiger partial charge in [0, 0.05) is 17.4 Å². The summed E-state index contributed by atoms with van der Waals surface area (Å²) in [6.45, 7) is 1.96. The molecule has 0 fully saturated rings. The Morgan fingerprint density at radius 1 is 1.58 bits per heavy atom. The predicted molar refractivity (Wildman–Crippen MR) is 71.2 cm³/mol. The van der Waals surface area contributed by atoms with Crippen LogP contribution in [0.25, 0.3) is 0 Å². The van der Waals surface area contributed by atoms with Crippen LogP contribution in [0.4, 0.5) is 5.69 Å².